The Bertz CT molecular complexity index is 1600. The molecule has 7 heteroatoms. The average molecular weight is 513 g/mol. The molecule has 0 unspecified atom stereocenters. The third kappa shape index (κ3) is 4.59. The molecule has 0 radical (unpaired) electrons. The van der Waals surface area contributed by atoms with Crippen molar-refractivity contribution in [1.29, 1.82) is 0 Å². The quantitative estimate of drug-likeness (QED) is 0.279. The van der Waals surface area contributed by atoms with Gasteiger partial charge in [-0.15, -0.1) is 11.8 Å². The highest BCUT2D eigenvalue weighted by atomic mass is 32.2. The van der Waals surface area contributed by atoms with Gasteiger partial charge in [-0.05, 0) is 42.5 Å². The molecular formula is C29H24N2O3S2. The first kappa shape index (κ1) is 24.0. The van der Waals surface area contributed by atoms with E-state index in [1.807, 2.05) is 97.3 Å². The van der Waals surface area contributed by atoms with Gasteiger partial charge in [0.05, 0.1) is 28.5 Å². The topological polar surface area (TPSA) is 60.7 Å². The minimum atomic E-state index is -0.655. The Hall–Kier alpha value is -3.68. The first-order valence-electron chi connectivity index (χ1n) is 11.6. The predicted molar refractivity (Wildman–Crippen MR) is 146 cm³/mol. The highest BCUT2D eigenvalue weighted by molar-refractivity contribution is 7.98. The van der Waals surface area contributed by atoms with Gasteiger partial charge >= 0.3 is 5.97 Å². The number of benzene rings is 3. The second-order valence-corrected chi connectivity index (χ2v) is 10.0. The lowest BCUT2D eigenvalue weighted by atomic mass is 9.93. The van der Waals surface area contributed by atoms with Crippen LogP contribution in [-0.4, -0.2) is 23.4 Å². The number of hydrogen-bond donors (Lipinski definition) is 0. The summed E-state index contributed by atoms with van der Waals surface area (Å²) in [6, 6.07) is 26.6. The number of thiazole rings is 1. The molecule has 4 aromatic rings. The zero-order chi connectivity index (χ0) is 25.1. The Morgan fingerprint density at radius 2 is 1.69 bits per heavy atom. The van der Waals surface area contributed by atoms with Crippen LogP contribution in [0.4, 0.5) is 0 Å². The summed E-state index contributed by atoms with van der Waals surface area (Å²) >= 11 is 3.00. The molecule has 0 aliphatic carbocycles. The molecule has 0 N–H and O–H groups in total. The molecule has 1 aromatic heterocycles. The Morgan fingerprint density at radius 3 is 2.33 bits per heavy atom. The molecule has 180 valence electrons. The Labute approximate surface area is 217 Å². The van der Waals surface area contributed by atoms with Gasteiger partial charge in [0.25, 0.3) is 5.56 Å². The number of ether oxygens (including phenoxy) is 1. The zero-order valence-electron chi connectivity index (χ0n) is 19.9. The second kappa shape index (κ2) is 10.5. The molecule has 1 atom stereocenters. The lowest BCUT2D eigenvalue weighted by Gasteiger charge is -2.25. The van der Waals surface area contributed by atoms with Crippen molar-refractivity contribution >= 4 is 40.8 Å². The smallest absolute Gasteiger partial charge is 0.338 e. The fourth-order valence-electron chi connectivity index (χ4n) is 4.24. The van der Waals surface area contributed by atoms with E-state index in [2.05, 4.69) is 0 Å². The summed E-state index contributed by atoms with van der Waals surface area (Å²) < 4.78 is 7.67. The van der Waals surface area contributed by atoms with Gasteiger partial charge in [-0.3, -0.25) is 9.36 Å². The van der Waals surface area contributed by atoms with E-state index in [1.165, 1.54) is 11.3 Å². The van der Waals surface area contributed by atoms with E-state index in [9.17, 15) is 9.59 Å². The van der Waals surface area contributed by atoms with Crippen molar-refractivity contribution in [2.45, 2.75) is 17.9 Å². The Kier molecular flexibility index (Phi) is 7.02. The van der Waals surface area contributed by atoms with E-state index in [4.69, 9.17) is 9.73 Å². The summed E-state index contributed by atoms with van der Waals surface area (Å²) in [5.41, 5.74) is 3.25. The number of fused-ring (bicyclic) bond motifs is 1. The Morgan fingerprint density at radius 1 is 1.03 bits per heavy atom. The van der Waals surface area contributed by atoms with Gasteiger partial charge in [0.15, 0.2) is 4.80 Å². The first-order chi connectivity index (χ1) is 17.6. The van der Waals surface area contributed by atoms with Crippen LogP contribution in [0.1, 0.15) is 29.7 Å². The van der Waals surface area contributed by atoms with Gasteiger partial charge < -0.3 is 4.74 Å². The summed E-state index contributed by atoms with van der Waals surface area (Å²) in [6.07, 6.45) is 3.91. The van der Waals surface area contributed by atoms with Crippen molar-refractivity contribution in [3.8, 4) is 0 Å². The highest BCUT2D eigenvalue weighted by Crippen LogP contribution is 2.35. The van der Waals surface area contributed by atoms with Crippen LogP contribution in [-0.2, 0) is 9.53 Å². The zero-order valence-corrected chi connectivity index (χ0v) is 21.5. The van der Waals surface area contributed by atoms with Crippen LogP contribution in [0.2, 0.25) is 0 Å². The lowest BCUT2D eigenvalue weighted by molar-refractivity contribution is -0.138. The van der Waals surface area contributed by atoms with E-state index in [-0.39, 0.29) is 12.2 Å². The molecule has 0 spiro atoms. The molecule has 0 fully saturated rings. The van der Waals surface area contributed by atoms with E-state index >= 15 is 0 Å². The molecule has 2 heterocycles. The third-order valence-electron chi connectivity index (χ3n) is 5.90. The number of aromatic nitrogens is 1. The minimum absolute atomic E-state index is 0.185. The molecule has 0 saturated heterocycles. The van der Waals surface area contributed by atoms with E-state index in [1.54, 1.807) is 23.3 Å². The normalized spacial score (nSPS) is 15.4. The number of hydrogen-bond acceptors (Lipinski definition) is 6. The standard InChI is InChI=1S/C29H24N2O3S2/c1-3-34-28(33)24-25(20-10-6-4-7-11-20)30-29-31(26(24)21-12-8-5-9-13-21)27(32)23(36-29)18-19-14-16-22(35-2)17-15-19/h4-18,26H,3H2,1-2H3/b23-18+/t26-/m0/s1. The molecule has 1 aliphatic rings. The molecule has 5 rings (SSSR count). The summed E-state index contributed by atoms with van der Waals surface area (Å²) in [6.45, 7) is 2.00. The van der Waals surface area contributed by atoms with Crippen LogP contribution in [0.25, 0.3) is 11.8 Å². The van der Waals surface area contributed by atoms with Crippen LogP contribution in [0.5, 0.6) is 0 Å². The van der Waals surface area contributed by atoms with Gasteiger partial charge in [-0.1, -0.05) is 84.1 Å². The number of carbonyl (C=O) groups excluding carboxylic acids is 1. The van der Waals surface area contributed by atoms with Gasteiger partial charge in [-0.2, -0.15) is 0 Å². The van der Waals surface area contributed by atoms with Crippen LogP contribution in [0.3, 0.4) is 0 Å². The van der Waals surface area contributed by atoms with Crippen molar-refractivity contribution in [3.05, 3.63) is 127 Å². The molecular weight excluding hydrogens is 488 g/mol. The number of nitrogens with zero attached hydrogens (tertiary/aromatic N) is 2. The molecule has 1 aliphatic heterocycles. The average Bonchev–Trinajstić information content (AvgIpc) is 3.23. The van der Waals surface area contributed by atoms with Crippen molar-refractivity contribution in [2.75, 3.05) is 12.9 Å². The minimum Gasteiger partial charge on any atom is -0.463 e. The predicted octanol–water partition coefficient (Wildman–Crippen LogP) is 4.66. The third-order valence-corrected chi connectivity index (χ3v) is 7.63. The number of carbonyl (C=O) groups is 1. The molecule has 36 heavy (non-hydrogen) atoms. The fraction of sp³-hybridized carbons (Fsp3) is 0.138. The second-order valence-electron chi connectivity index (χ2n) is 8.12. The maximum Gasteiger partial charge on any atom is 0.338 e. The monoisotopic (exact) mass is 512 g/mol. The van der Waals surface area contributed by atoms with Crippen LogP contribution < -0.4 is 14.9 Å². The van der Waals surface area contributed by atoms with E-state index < -0.39 is 12.0 Å². The lowest BCUT2D eigenvalue weighted by Crippen LogP contribution is -2.39. The molecule has 0 bridgehead atoms. The van der Waals surface area contributed by atoms with Gasteiger partial charge in [-0.25, -0.2) is 9.79 Å². The Balaban J connectivity index is 1.79. The van der Waals surface area contributed by atoms with Crippen LogP contribution in [0, 0.1) is 0 Å². The maximum atomic E-state index is 13.8. The van der Waals surface area contributed by atoms with Crippen LogP contribution >= 0.6 is 23.1 Å². The largest absolute Gasteiger partial charge is 0.463 e. The van der Waals surface area contributed by atoms with E-state index in [0.717, 1.165) is 21.6 Å². The maximum absolute atomic E-state index is 13.8. The SMILES string of the molecule is CCOC(=O)C1=C(c2ccccc2)N=c2s/c(=C/c3ccc(SC)cc3)c(=O)n2[C@H]1c1ccccc1. The van der Waals surface area contributed by atoms with Gasteiger partial charge in [0, 0.05) is 10.5 Å². The fourth-order valence-corrected chi connectivity index (χ4v) is 5.65. The van der Waals surface area contributed by atoms with Crippen molar-refractivity contribution in [2.24, 2.45) is 4.99 Å². The van der Waals surface area contributed by atoms with Gasteiger partial charge in [0.2, 0.25) is 0 Å². The molecule has 0 saturated carbocycles. The molecule has 5 nitrogen and oxygen atoms in total. The first-order valence-corrected chi connectivity index (χ1v) is 13.6. The molecule has 3 aromatic carbocycles. The summed E-state index contributed by atoms with van der Waals surface area (Å²) in [5.74, 6) is -0.476. The summed E-state index contributed by atoms with van der Waals surface area (Å²) in [5, 5.41) is 0. The van der Waals surface area contributed by atoms with Crippen LogP contribution in [0.15, 0.2) is 105 Å². The van der Waals surface area contributed by atoms with Crippen molar-refractivity contribution in [1.82, 2.24) is 4.57 Å². The molecule has 0 amide bonds. The summed E-state index contributed by atoms with van der Waals surface area (Å²) in [7, 11) is 0. The van der Waals surface area contributed by atoms with E-state index in [0.29, 0.717) is 20.6 Å². The number of esters is 1. The summed E-state index contributed by atoms with van der Waals surface area (Å²) in [4.78, 5) is 33.7. The van der Waals surface area contributed by atoms with Crippen molar-refractivity contribution in [3.63, 3.8) is 0 Å². The highest BCUT2D eigenvalue weighted by Gasteiger charge is 2.35. The van der Waals surface area contributed by atoms with Gasteiger partial charge in [0.1, 0.15) is 0 Å². The number of rotatable bonds is 6. The number of thioether (sulfide) groups is 1. The van der Waals surface area contributed by atoms with Crippen molar-refractivity contribution < 1.29 is 9.53 Å².